The van der Waals surface area contributed by atoms with Crippen molar-refractivity contribution in [2.45, 2.75) is 17.7 Å². The number of halogens is 1. The first-order chi connectivity index (χ1) is 14.0. The summed E-state index contributed by atoms with van der Waals surface area (Å²) in [7, 11) is -3.94. The van der Waals surface area contributed by atoms with Gasteiger partial charge in [0.2, 0.25) is 0 Å². The molecule has 148 valence electrons. The predicted molar refractivity (Wildman–Crippen MR) is 115 cm³/mol. The van der Waals surface area contributed by atoms with Crippen LogP contribution in [-0.2, 0) is 16.4 Å². The van der Waals surface area contributed by atoms with Crippen LogP contribution in [0, 0.1) is 0 Å². The van der Waals surface area contributed by atoms with Gasteiger partial charge in [0.1, 0.15) is 4.90 Å². The van der Waals surface area contributed by atoms with Crippen molar-refractivity contribution in [2.24, 2.45) is 0 Å². The van der Waals surface area contributed by atoms with E-state index >= 15 is 0 Å². The lowest BCUT2D eigenvalue weighted by molar-refractivity contribution is 0.0985. The first-order valence-electron chi connectivity index (χ1n) is 9.23. The minimum Gasteiger partial charge on any atom is -0.308 e. The molecule has 0 bridgehead atoms. The number of hydrogen-bond donors (Lipinski definition) is 1. The van der Waals surface area contributed by atoms with E-state index in [-0.39, 0.29) is 21.4 Å². The van der Waals surface area contributed by atoms with Gasteiger partial charge in [-0.25, -0.2) is 8.42 Å². The molecule has 0 atom stereocenters. The zero-order valence-corrected chi connectivity index (χ0v) is 17.1. The van der Waals surface area contributed by atoms with E-state index < -0.39 is 10.0 Å². The Morgan fingerprint density at radius 1 is 0.966 bits per heavy atom. The van der Waals surface area contributed by atoms with E-state index in [1.807, 2.05) is 24.3 Å². The highest BCUT2D eigenvalue weighted by Gasteiger charge is 2.26. The summed E-state index contributed by atoms with van der Waals surface area (Å²) in [4.78, 5) is 14.8. The maximum atomic E-state index is 13.2. The van der Waals surface area contributed by atoms with Crippen LogP contribution in [0.4, 0.5) is 11.4 Å². The highest BCUT2D eigenvalue weighted by molar-refractivity contribution is 7.92. The van der Waals surface area contributed by atoms with E-state index in [4.69, 9.17) is 11.6 Å². The van der Waals surface area contributed by atoms with Gasteiger partial charge in [0, 0.05) is 23.5 Å². The average Bonchev–Trinajstić information content (AvgIpc) is 2.73. The normalized spacial score (nSPS) is 13.6. The van der Waals surface area contributed by atoms with Gasteiger partial charge in [-0.3, -0.25) is 9.52 Å². The molecular formula is C22H19ClN2O3S. The van der Waals surface area contributed by atoms with Gasteiger partial charge in [-0.2, -0.15) is 0 Å². The van der Waals surface area contributed by atoms with Gasteiger partial charge in [-0.05, 0) is 54.8 Å². The fourth-order valence-electron chi connectivity index (χ4n) is 3.46. The first-order valence-corrected chi connectivity index (χ1v) is 11.1. The van der Waals surface area contributed by atoms with Crippen molar-refractivity contribution < 1.29 is 13.2 Å². The molecule has 7 heteroatoms. The van der Waals surface area contributed by atoms with Gasteiger partial charge in [0.05, 0.1) is 5.02 Å². The second-order valence-corrected chi connectivity index (χ2v) is 8.86. The molecule has 0 saturated carbocycles. The molecule has 5 nitrogen and oxygen atoms in total. The third-order valence-electron chi connectivity index (χ3n) is 4.85. The Balaban J connectivity index is 1.68. The maximum Gasteiger partial charge on any atom is 0.263 e. The lowest BCUT2D eigenvalue weighted by Gasteiger charge is -2.29. The van der Waals surface area contributed by atoms with Crippen LogP contribution in [0.15, 0.2) is 77.7 Å². The van der Waals surface area contributed by atoms with Crippen molar-refractivity contribution >= 4 is 38.9 Å². The summed E-state index contributed by atoms with van der Waals surface area (Å²) in [6.07, 6.45) is 1.78. The largest absolute Gasteiger partial charge is 0.308 e. The van der Waals surface area contributed by atoms with Crippen molar-refractivity contribution in [2.75, 3.05) is 16.2 Å². The van der Waals surface area contributed by atoms with Crippen LogP contribution in [0.1, 0.15) is 22.3 Å². The van der Waals surface area contributed by atoms with E-state index in [0.717, 1.165) is 24.1 Å². The number of aryl methyl sites for hydroxylation is 1. The lowest BCUT2D eigenvalue weighted by Crippen LogP contribution is -2.35. The average molecular weight is 427 g/mol. The Labute approximate surface area is 175 Å². The number of sulfonamides is 1. The number of anilines is 2. The number of fused-ring (bicyclic) bond motifs is 1. The summed E-state index contributed by atoms with van der Waals surface area (Å²) in [6, 6.07) is 20.7. The number of nitrogens with zero attached hydrogens (tertiary/aromatic N) is 1. The van der Waals surface area contributed by atoms with Crippen LogP contribution < -0.4 is 9.62 Å². The molecule has 0 fully saturated rings. The van der Waals surface area contributed by atoms with Crippen LogP contribution in [-0.4, -0.2) is 20.9 Å². The van der Waals surface area contributed by atoms with Crippen molar-refractivity contribution in [3.63, 3.8) is 0 Å². The third kappa shape index (κ3) is 3.99. The second kappa shape index (κ2) is 7.89. The highest BCUT2D eigenvalue weighted by Crippen LogP contribution is 2.30. The number of benzene rings is 3. The first kappa shape index (κ1) is 19.5. The van der Waals surface area contributed by atoms with Crippen molar-refractivity contribution in [1.82, 2.24) is 0 Å². The van der Waals surface area contributed by atoms with Crippen LogP contribution in [0.25, 0.3) is 0 Å². The number of carbonyl (C=O) groups excluding carboxylic acids is 1. The Morgan fingerprint density at radius 2 is 1.69 bits per heavy atom. The number of carbonyl (C=O) groups is 1. The topological polar surface area (TPSA) is 66.5 Å². The molecule has 0 aromatic heterocycles. The minimum atomic E-state index is -3.94. The predicted octanol–water partition coefficient (Wildman–Crippen LogP) is 4.73. The van der Waals surface area contributed by atoms with Crippen molar-refractivity contribution in [3.05, 3.63) is 88.9 Å². The number of hydrogen-bond acceptors (Lipinski definition) is 3. The third-order valence-corrected chi connectivity index (χ3v) is 6.71. The Kier molecular flexibility index (Phi) is 5.30. The second-order valence-electron chi connectivity index (χ2n) is 6.81. The van der Waals surface area contributed by atoms with Crippen molar-refractivity contribution in [1.29, 1.82) is 0 Å². The molecule has 3 aromatic carbocycles. The Bertz CT molecular complexity index is 1160. The van der Waals surface area contributed by atoms with E-state index in [0.29, 0.717) is 12.2 Å². The molecule has 3 aromatic rings. The molecule has 4 rings (SSSR count). The standard InChI is InChI=1S/C22H19ClN2O3S/c23-19-13-12-17(15-21(19)29(27,28)24-18-9-2-1-3-10-18)22(26)25-14-6-8-16-7-4-5-11-20(16)25/h1-5,7,9-13,15,24H,6,8,14H2. The summed E-state index contributed by atoms with van der Waals surface area (Å²) in [5.74, 6) is -0.245. The Morgan fingerprint density at radius 3 is 2.48 bits per heavy atom. The monoisotopic (exact) mass is 426 g/mol. The van der Waals surface area contributed by atoms with Crippen LogP contribution in [0.5, 0.6) is 0 Å². The molecule has 0 radical (unpaired) electrons. The van der Waals surface area contributed by atoms with Crippen molar-refractivity contribution in [3.8, 4) is 0 Å². The number of rotatable bonds is 4. The number of amides is 1. The fraction of sp³-hybridized carbons (Fsp3) is 0.136. The highest BCUT2D eigenvalue weighted by atomic mass is 35.5. The summed E-state index contributed by atoms with van der Waals surface area (Å²) >= 11 is 6.17. The maximum absolute atomic E-state index is 13.2. The summed E-state index contributed by atoms with van der Waals surface area (Å²) in [6.45, 7) is 0.586. The van der Waals surface area contributed by atoms with Gasteiger partial charge >= 0.3 is 0 Å². The van der Waals surface area contributed by atoms with Crippen LogP contribution >= 0.6 is 11.6 Å². The molecule has 29 heavy (non-hydrogen) atoms. The minimum absolute atomic E-state index is 0.0593. The van der Waals surface area contributed by atoms with Gasteiger partial charge in [-0.1, -0.05) is 48.0 Å². The van der Waals surface area contributed by atoms with Crippen LogP contribution in [0.3, 0.4) is 0 Å². The summed E-state index contributed by atoms with van der Waals surface area (Å²) in [5.41, 5.74) is 2.68. The molecule has 0 saturated heterocycles. The molecular weight excluding hydrogens is 408 g/mol. The Hall–Kier alpha value is -2.83. The zero-order valence-electron chi connectivity index (χ0n) is 15.5. The van der Waals surface area contributed by atoms with E-state index in [2.05, 4.69) is 4.72 Å². The van der Waals surface area contributed by atoms with E-state index in [1.165, 1.54) is 12.1 Å². The molecule has 0 spiro atoms. The molecule has 1 N–H and O–H groups in total. The number of para-hydroxylation sites is 2. The van der Waals surface area contributed by atoms with Gasteiger partial charge < -0.3 is 4.90 Å². The van der Waals surface area contributed by atoms with E-state index in [9.17, 15) is 13.2 Å². The number of nitrogens with one attached hydrogen (secondary N) is 1. The van der Waals surface area contributed by atoms with Crippen LogP contribution in [0.2, 0.25) is 5.02 Å². The smallest absolute Gasteiger partial charge is 0.263 e. The molecule has 1 aliphatic heterocycles. The molecule has 0 aliphatic carbocycles. The molecule has 1 heterocycles. The quantitative estimate of drug-likeness (QED) is 0.655. The van der Waals surface area contributed by atoms with Gasteiger partial charge in [0.25, 0.3) is 15.9 Å². The molecule has 0 unspecified atom stereocenters. The fourth-order valence-corrected chi connectivity index (χ4v) is 5.04. The summed E-state index contributed by atoms with van der Waals surface area (Å²) in [5, 5.41) is 0.0593. The van der Waals surface area contributed by atoms with E-state index in [1.54, 1.807) is 41.3 Å². The van der Waals surface area contributed by atoms with Gasteiger partial charge in [-0.15, -0.1) is 0 Å². The SMILES string of the molecule is O=C(c1ccc(Cl)c(S(=O)(=O)Nc2ccccc2)c1)N1CCCc2ccccc21. The van der Waals surface area contributed by atoms with Gasteiger partial charge in [0.15, 0.2) is 0 Å². The summed E-state index contributed by atoms with van der Waals surface area (Å²) < 4.78 is 28.2. The zero-order chi connectivity index (χ0) is 20.4. The molecule has 1 aliphatic rings. The molecule has 1 amide bonds. The lowest BCUT2D eigenvalue weighted by atomic mass is 10.0.